The lowest BCUT2D eigenvalue weighted by atomic mass is 9.89. The highest BCUT2D eigenvalue weighted by molar-refractivity contribution is 7.89. The van der Waals surface area contributed by atoms with Crippen LogP contribution in [0.1, 0.15) is 12.8 Å². The van der Waals surface area contributed by atoms with Gasteiger partial charge in [-0.2, -0.15) is 0 Å². The van der Waals surface area contributed by atoms with E-state index in [4.69, 9.17) is 5.73 Å². The smallest absolute Gasteiger partial charge is 0.259 e. The Kier molecular flexibility index (Phi) is 2.49. The van der Waals surface area contributed by atoms with Crippen LogP contribution in [0.3, 0.4) is 0 Å². The number of nitrogens with one attached hydrogen (secondary N) is 1. The van der Waals surface area contributed by atoms with Crippen LogP contribution >= 0.6 is 0 Å². The zero-order valence-electron chi connectivity index (χ0n) is 8.29. The normalized spacial score (nSPS) is 26.3. The Labute approximate surface area is 87.7 Å². The summed E-state index contributed by atoms with van der Waals surface area (Å²) in [6, 6.07) is 0.0577. The molecule has 1 aromatic heterocycles. The number of hydrogen-bond donors (Lipinski definition) is 2. The zero-order chi connectivity index (χ0) is 11.1. The number of sulfonamides is 1. The Morgan fingerprint density at radius 2 is 2.27 bits per heavy atom. The summed E-state index contributed by atoms with van der Waals surface area (Å²) in [4.78, 5) is 0. The van der Waals surface area contributed by atoms with Gasteiger partial charge in [-0.1, -0.05) is 5.21 Å². The van der Waals surface area contributed by atoms with Crippen LogP contribution in [0, 0.1) is 0 Å². The van der Waals surface area contributed by atoms with Gasteiger partial charge in [0.1, 0.15) is 0 Å². The lowest BCUT2D eigenvalue weighted by Gasteiger charge is -2.32. The van der Waals surface area contributed by atoms with Crippen LogP contribution in [0.4, 0.5) is 0 Å². The molecule has 2 rings (SSSR count). The average molecular weight is 231 g/mol. The Morgan fingerprint density at radius 1 is 1.60 bits per heavy atom. The van der Waals surface area contributed by atoms with E-state index in [1.165, 1.54) is 17.9 Å². The molecule has 15 heavy (non-hydrogen) atoms. The molecule has 1 heterocycles. The quantitative estimate of drug-likeness (QED) is 0.664. The predicted octanol–water partition coefficient (Wildman–Crippen LogP) is -1.42. The van der Waals surface area contributed by atoms with E-state index in [0.29, 0.717) is 12.8 Å². The summed E-state index contributed by atoms with van der Waals surface area (Å²) in [5.74, 6) is 0. The van der Waals surface area contributed by atoms with Gasteiger partial charge in [0.25, 0.3) is 10.0 Å². The number of aromatic nitrogens is 3. The molecule has 0 bridgehead atoms. The largest absolute Gasteiger partial charge is 0.328 e. The van der Waals surface area contributed by atoms with Gasteiger partial charge in [0.15, 0.2) is 5.03 Å². The monoisotopic (exact) mass is 231 g/mol. The molecule has 1 aromatic rings. The number of aryl methyl sites for hydroxylation is 1. The molecular weight excluding hydrogens is 218 g/mol. The highest BCUT2D eigenvalue weighted by Crippen LogP contribution is 2.19. The van der Waals surface area contributed by atoms with Gasteiger partial charge in [0, 0.05) is 19.1 Å². The molecule has 0 spiro atoms. The second-order valence-electron chi connectivity index (χ2n) is 3.75. The Morgan fingerprint density at radius 3 is 2.73 bits per heavy atom. The summed E-state index contributed by atoms with van der Waals surface area (Å²) in [7, 11) is -1.96. The van der Waals surface area contributed by atoms with Crippen molar-refractivity contribution in [3.05, 3.63) is 6.20 Å². The highest BCUT2D eigenvalue weighted by atomic mass is 32.2. The third kappa shape index (κ3) is 2.01. The fourth-order valence-electron chi connectivity index (χ4n) is 1.56. The van der Waals surface area contributed by atoms with Crippen molar-refractivity contribution >= 4 is 10.0 Å². The van der Waals surface area contributed by atoms with E-state index >= 15 is 0 Å². The van der Waals surface area contributed by atoms with Gasteiger partial charge in [0.05, 0.1) is 6.20 Å². The van der Waals surface area contributed by atoms with Crippen LogP contribution in [0.25, 0.3) is 0 Å². The number of nitrogens with two attached hydrogens (primary N) is 1. The van der Waals surface area contributed by atoms with Gasteiger partial charge in [0.2, 0.25) is 0 Å². The Bertz CT molecular complexity index is 448. The van der Waals surface area contributed by atoms with E-state index in [0.717, 1.165) is 0 Å². The molecule has 1 fully saturated rings. The second-order valence-corrected chi connectivity index (χ2v) is 5.41. The topological polar surface area (TPSA) is 103 Å². The molecule has 0 radical (unpaired) electrons. The van der Waals surface area contributed by atoms with Crippen LogP contribution in [-0.4, -0.2) is 35.5 Å². The number of hydrogen-bond acceptors (Lipinski definition) is 5. The van der Waals surface area contributed by atoms with Crippen molar-refractivity contribution in [2.45, 2.75) is 30.0 Å². The van der Waals surface area contributed by atoms with Crippen molar-refractivity contribution in [1.82, 2.24) is 19.7 Å². The summed E-state index contributed by atoms with van der Waals surface area (Å²) < 4.78 is 27.3. The highest BCUT2D eigenvalue weighted by Gasteiger charge is 2.31. The first-order chi connectivity index (χ1) is 6.99. The van der Waals surface area contributed by atoms with E-state index in [9.17, 15) is 8.42 Å². The molecule has 0 saturated heterocycles. The molecule has 1 saturated carbocycles. The van der Waals surface area contributed by atoms with Crippen LogP contribution in [0.15, 0.2) is 11.2 Å². The fourth-order valence-corrected chi connectivity index (χ4v) is 2.88. The summed E-state index contributed by atoms with van der Waals surface area (Å²) in [5.41, 5.74) is 5.57. The van der Waals surface area contributed by atoms with Crippen molar-refractivity contribution in [2.75, 3.05) is 0 Å². The van der Waals surface area contributed by atoms with E-state index < -0.39 is 10.0 Å². The molecular formula is C7H13N5O2S. The summed E-state index contributed by atoms with van der Waals surface area (Å²) in [5, 5.41) is 7.17. The maximum Gasteiger partial charge on any atom is 0.259 e. The minimum atomic E-state index is -3.50. The van der Waals surface area contributed by atoms with Crippen molar-refractivity contribution in [3.8, 4) is 0 Å². The molecule has 3 N–H and O–H groups in total. The fraction of sp³-hybridized carbons (Fsp3) is 0.714. The summed E-state index contributed by atoms with van der Waals surface area (Å²) in [6.07, 6.45) is 2.59. The van der Waals surface area contributed by atoms with Crippen molar-refractivity contribution in [3.63, 3.8) is 0 Å². The first-order valence-corrected chi connectivity index (χ1v) is 6.10. The summed E-state index contributed by atoms with van der Waals surface area (Å²) >= 11 is 0. The standard InChI is InChI=1S/C7H13N5O2S/c1-12-7(4-9-11-12)15(13,14)10-6-2-5(8)3-6/h4-6,10H,2-3,8H2,1H3. The van der Waals surface area contributed by atoms with Crippen LogP contribution in [0.2, 0.25) is 0 Å². The predicted molar refractivity (Wildman–Crippen MR) is 52.3 cm³/mol. The van der Waals surface area contributed by atoms with E-state index in [1.807, 2.05) is 0 Å². The summed E-state index contributed by atoms with van der Waals surface area (Å²) in [6.45, 7) is 0. The van der Waals surface area contributed by atoms with Crippen molar-refractivity contribution in [2.24, 2.45) is 12.8 Å². The van der Waals surface area contributed by atoms with Gasteiger partial charge in [-0.25, -0.2) is 17.8 Å². The Balaban J connectivity index is 2.11. The maximum atomic E-state index is 11.8. The molecule has 84 valence electrons. The lowest BCUT2D eigenvalue weighted by molar-refractivity contribution is 0.326. The van der Waals surface area contributed by atoms with Gasteiger partial charge in [-0.15, -0.1) is 5.10 Å². The van der Waals surface area contributed by atoms with Gasteiger partial charge in [-0.05, 0) is 12.8 Å². The molecule has 7 nitrogen and oxygen atoms in total. The molecule has 0 unspecified atom stereocenters. The molecule has 8 heteroatoms. The van der Waals surface area contributed by atoms with E-state index in [2.05, 4.69) is 15.0 Å². The third-order valence-electron chi connectivity index (χ3n) is 2.44. The molecule has 1 aliphatic carbocycles. The minimum Gasteiger partial charge on any atom is -0.328 e. The van der Waals surface area contributed by atoms with Gasteiger partial charge in [-0.3, -0.25) is 0 Å². The molecule has 0 aliphatic heterocycles. The SMILES string of the molecule is Cn1nncc1S(=O)(=O)NC1CC(N)C1. The van der Waals surface area contributed by atoms with Crippen LogP contribution in [0.5, 0.6) is 0 Å². The molecule has 1 aliphatic rings. The van der Waals surface area contributed by atoms with E-state index in [1.54, 1.807) is 0 Å². The first-order valence-electron chi connectivity index (χ1n) is 4.61. The van der Waals surface area contributed by atoms with Crippen LogP contribution < -0.4 is 10.5 Å². The first kappa shape index (κ1) is 10.5. The maximum absolute atomic E-state index is 11.8. The van der Waals surface area contributed by atoms with Crippen molar-refractivity contribution < 1.29 is 8.42 Å². The van der Waals surface area contributed by atoms with Crippen molar-refractivity contribution in [1.29, 1.82) is 0 Å². The Hall–Kier alpha value is -0.990. The minimum absolute atomic E-state index is 0.0556. The number of rotatable bonds is 3. The third-order valence-corrected chi connectivity index (χ3v) is 4.01. The molecule has 0 amide bonds. The van der Waals surface area contributed by atoms with Gasteiger partial charge >= 0.3 is 0 Å². The van der Waals surface area contributed by atoms with Gasteiger partial charge < -0.3 is 5.73 Å². The number of nitrogens with zero attached hydrogens (tertiary/aromatic N) is 3. The molecule has 0 atom stereocenters. The average Bonchev–Trinajstić information content (AvgIpc) is 2.48. The zero-order valence-corrected chi connectivity index (χ0v) is 9.11. The molecule has 0 aromatic carbocycles. The lowest BCUT2D eigenvalue weighted by Crippen LogP contribution is -2.50. The van der Waals surface area contributed by atoms with Crippen LogP contribution in [-0.2, 0) is 17.1 Å². The van der Waals surface area contributed by atoms with E-state index in [-0.39, 0.29) is 17.1 Å². The second kappa shape index (κ2) is 3.54.